The van der Waals surface area contributed by atoms with Gasteiger partial charge in [-0.1, -0.05) is 65.5 Å². The summed E-state index contributed by atoms with van der Waals surface area (Å²) < 4.78 is 6.29. The molecule has 0 radical (unpaired) electrons. The second-order valence-corrected chi connectivity index (χ2v) is 14.8. The van der Waals surface area contributed by atoms with Crippen LogP contribution in [0.15, 0.2) is 11.6 Å². The first-order valence-electron chi connectivity index (χ1n) is 16.3. The molecular formula is C34H58O4. The second-order valence-electron chi connectivity index (χ2n) is 14.8. The van der Waals surface area contributed by atoms with E-state index in [4.69, 9.17) is 9.84 Å². The zero-order valence-corrected chi connectivity index (χ0v) is 25.2. The Kier molecular flexibility index (Phi) is 10.1. The first kappa shape index (κ1) is 30.1. The predicted octanol–water partition coefficient (Wildman–Crippen LogP) is 8.42. The molecule has 0 aromatic carbocycles. The van der Waals surface area contributed by atoms with Crippen molar-refractivity contribution in [2.24, 2.45) is 46.3 Å². The number of aliphatic hydroxyl groups excluding tert-OH is 1. The molecule has 38 heavy (non-hydrogen) atoms. The van der Waals surface area contributed by atoms with Crippen LogP contribution in [0.2, 0.25) is 0 Å². The summed E-state index contributed by atoms with van der Waals surface area (Å²) >= 11 is 0. The van der Waals surface area contributed by atoms with Gasteiger partial charge < -0.3 is 14.9 Å². The minimum atomic E-state index is -0.837. The lowest BCUT2D eigenvalue weighted by Crippen LogP contribution is -2.51. The van der Waals surface area contributed by atoms with Crippen molar-refractivity contribution in [2.75, 3.05) is 6.61 Å². The minimum absolute atomic E-state index is 0.0392. The molecule has 3 fully saturated rings. The standard InChI is InChI=1S/C34H58O4/c1-23(2)8-6-9-24(3)29-14-15-30-28-13-11-25-22-27(38-21-7-10-26(35)12-16-32(36)37)17-19-33(25,4)31(28)18-20-34(29,30)5/h11,23-24,26-31,35H,6-10,12-22H2,1-5H3,(H,36,37)/t24-,26?,27+,28+,29-,30+,31+,33+,34-/m1/s1. The molecule has 0 aliphatic heterocycles. The molecule has 1 unspecified atom stereocenters. The quantitative estimate of drug-likeness (QED) is 0.185. The van der Waals surface area contributed by atoms with E-state index in [9.17, 15) is 9.90 Å². The predicted molar refractivity (Wildman–Crippen MR) is 155 cm³/mol. The van der Waals surface area contributed by atoms with Gasteiger partial charge >= 0.3 is 5.97 Å². The molecule has 218 valence electrons. The fourth-order valence-corrected chi connectivity index (χ4v) is 9.80. The van der Waals surface area contributed by atoms with E-state index >= 15 is 0 Å². The van der Waals surface area contributed by atoms with Gasteiger partial charge in [-0.2, -0.15) is 0 Å². The average Bonchev–Trinajstić information content (AvgIpc) is 3.22. The van der Waals surface area contributed by atoms with Crippen molar-refractivity contribution < 1.29 is 19.7 Å². The summed E-state index contributed by atoms with van der Waals surface area (Å²) in [6.07, 6.45) is 19.0. The molecule has 3 saturated carbocycles. The number of aliphatic carboxylic acids is 1. The Morgan fingerprint density at radius 1 is 1.00 bits per heavy atom. The molecule has 4 aliphatic carbocycles. The van der Waals surface area contributed by atoms with E-state index in [1.54, 1.807) is 5.57 Å². The highest BCUT2D eigenvalue weighted by molar-refractivity contribution is 5.66. The number of carboxylic acid groups (broad SMARTS) is 1. The van der Waals surface area contributed by atoms with E-state index in [-0.39, 0.29) is 6.42 Å². The fraction of sp³-hybridized carbons (Fsp3) is 0.912. The van der Waals surface area contributed by atoms with Crippen molar-refractivity contribution in [1.82, 2.24) is 0 Å². The van der Waals surface area contributed by atoms with Crippen LogP contribution >= 0.6 is 0 Å². The molecule has 2 N–H and O–H groups in total. The van der Waals surface area contributed by atoms with Gasteiger partial charge in [0.1, 0.15) is 0 Å². The van der Waals surface area contributed by atoms with Gasteiger partial charge in [-0.3, -0.25) is 4.79 Å². The van der Waals surface area contributed by atoms with Gasteiger partial charge in [0.25, 0.3) is 0 Å². The fourth-order valence-electron chi connectivity index (χ4n) is 9.80. The monoisotopic (exact) mass is 530 g/mol. The van der Waals surface area contributed by atoms with Crippen molar-refractivity contribution in [3.63, 3.8) is 0 Å². The van der Waals surface area contributed by atoms with Crippen LogP contribution in [0.5, 0.6) is 0 Å². The lowest BCUT2D eigenvalue weighted by molar-refractivity contribution is -0.137. The van der Waals surface area contributed by atoms with E-state index in [2.05, 4.69) is 40.7 Å². The summed E-state index contributed by atoms with van der Waals surface area (Å²) in [5, 5.41) is 18.8. The third-order valence-electron chi connectivity index (χ3n) is 12.0. The summed E-state index contributed by atoms with van der Waals surface area (Å²) in [5.74, 6) is 4.42. The van der Waals surface area contributed by atoms with Gasteiger partial charge in [-0.05, 0) is 117 Å². The van der Waals surface area contributed by atoms with Crippen LogP contribution in [0.3, 0.4) is 0 Å². The number of rotatable bonds is 13. The van der Waals surface area contributed by atoms with Crippen LogP contribution in [0.4, 0.5) is 0 Å². The molecule has 9 atom stereocenters. The molecule has 0 spiro atoms. The van der Waals surface area contributed by atoms with Crippen molar-refractivity contribution in [2.45, 2.75) is 143 Å². The molecular weight excluding hydrogens is 472 g/mol. The summed E-state index contributed by atoms with van der Waals surface area (Å²) in [4.78, 5) is 10.7. The maximum Gasteiger partial charge on any atom is 0.303 e. The molecule has 4 nitrogen and oxygen atoms in total. The Balaban J connectivity index is 1.30. The SMILES string of the molecule is CC(C)CCC[C@@H](C)[C@H]1CC[C@H]2[C@@H]3CC=C4C[C@@H](OCCCC(O)CCC(=O)O)CC[C@]4(C)[C@H]3CC[C@]12C. The van der Waals surface area contributed by atoms with Gasteiger partial charge in [0, 0.05) is 13.0 Å². The summed E-state index contributed by atoms with van der Waals surface area (Å²) in [6, 6.07) is 0. The topological polar surface area (TPSA) is 66.8 Å². The van der Waals surface area contributed by atoms with E-state index in [1.165, 1.54) is 57.8 Å². The molecule has 0 saturated heterocycles. The zero-order valence-electron chi connectivity index (χ0n) is 25.2. The van der Waals surface area contributed by atoms with Gasteiger partial charge in [0.05, 0.1) is 12.2 Å². The molecule has 0 aromatic heterocycles. The zero-order chi connectivity index (χ0) is 27.5. The van der Waals surface area contributed by atoms with Crippen molar-refractivity contribution >= 4 is 5.97 Å². The van der Waals surface area contributed by atoms with E-state index in [0.717, 1.165) is 54.8 Å². The minimum Gasteiger partial charge on any atom is -0.481 e. The van der Waals surface area contributed by atoms with Crippen molar-refractivity contribution in [3.8, 4) is 0 Å². The first-order chi connectivity index (χ1) is 18.0. The van der Waals surface area contributed by atoms with Gasteiger partial charge in [-0.15, -0.1) is 0 Å². The lowest BCUT2D eigenvalue weighted by atomic mass is 9.47. The lowest BCUT2D eigenvalue weighted by Gasteiger charge is -2.58. The average molecular weight is 531 g/mol. The van der Waals surface area contributed by atoms with Gasteiger partial charge in [-0.25, -0.2) is 0 Å². The normalized spacial score (nSPS) is 38.2. The number of aliphatic hydroxyl groups is 1. The number of carboxylic acids is 1. The highest BCUT2D eigenvalue weighted by atomic mass is 16.5. The summed E-state index contributed by atoms with van der Waals surface area (Å²) in [6.45, 7) is 13.3. The third-order valence-corrected chi connectivity index (χ3v) is 12.0. The molecule has 4 aliphatic rings. The van der Waals surface area contributed by atoms with Gasteiger partial charge in [0.15, 0.2) is 0 Å². The van der Waals surface area contributed by atoms with Crippen molar-refractivity contribution in [3.05, 3.63) is 11.6 Å². The Hall–Kier alpha value is -0.870. The maximum atomic E-state index is 10.7. The number of ether oxygens (including phenoxy) is 1. The number of fused-ring (bicyclic) bond motifs is 5. The van der Waals surface area contributed by atoms with Crippen LogP contribution in [0.25, 0.3) is 0 Å². The van der Waals surface area contributed by atoms with Crippen LogP contribution in [-0.4, -0.2) is 35.0 Å². The highest BCUT2D eigenvalue weighted by Crippen LogP contribution is 2.67. The molecule has 0 heterocycles. The first-order valence-corrected chi connectivity index (χ1v) is 16.3. The Labute approximate surface area is 233 Å². The Morgan fingerprint density at radius 3 is 2.53 bits per heavy atom. The van der Waals surface area contributed by atoms with Gasteiger partial charge in [0.2, 0.25) is 0 Å². The van der Waals surface area contributed by atoms with E-state index in [1.807, 2.05) is 0 Å². The summed E-state index contributed by atoms with van der Waals surface area (Å²) in [7, 11) is 0. The Bertz CT molecular complexity index is 819. The van der Waals surface area contributed by atoms with Crippen LogP contribution in [0.1, 0.15) is 131 Å². The number of hydrogen-bond donors (Lipinski definition) is 2. The number of carbonyl (C=O) groups is 1. The second kappa shape index (κ2) is 12.8. The molecule has 0 amide bonds. The van der Waals surface area contributed by atoms with Crippen LogP contribution < -0.4 is 0 Å². The molecule has 4 heteroatoms. The smallest absolute Gasteiger partial charge is 0.303 e. The maximum absolute atomic E-state index is 10.7. The summed E-state index contributed by atoms with van der Waals surface area (Å²) in [5.41, 5.74) is 2.59. The number of hydrogen-bond acceptors (Lipinski definition) is 3. The van der Waals surface area contributed by atoms with E-state index in [0.29, 0.717) is 36.4 Å². The van der Waals surface area contributed by atoms with E-state index < -0.39 is 12.1 Å². The van der Waals surface area contributed by atoms with Crippen LogP contribution in [-0.2, 0) is 9.53 Å². The highest BCUT2D eigenvalue weighted by Gasteiger charge is 2.59. The Morgan fingerprint density at radius 2 is 1.79 bits per heavy atom. The number of allylic oxidation sites excluding steroid dienone is 1. The molecule has 0 bridgehead atoms. The van der Waals surface area contributed by atoms with Crippen molar-refractivity contribution in [1.29, 1.82) is 0 Å². The molecule has 0 aromatic rings. The molecule has 4 rings (SSSR count). The third kappa shape index (κ3) is 6.54. The largest absolute Gasteiger partial charge is 0.481 e. The van der Waals surface area contributed by atoms with Crippen LogP contribution in [0, 0.1) is 46.3 Å².